The zero-order valence-electron chi connectivity index (χ0n) is 9.34. The van der Waals surface area contributed by atoms with Crippen LogP contribution in [0.25, 0.3) is 11.5 Å². The molecule has 1 aromatic heterocycles. The van der Waals surface area contributed by atoms with Crippen molar-refractivity contribution in [1.82, 2.24) is 10.3 Å². The van der Waals surface area contributed by atoms with Gasteiger partial charge in [0, 0.05) is 11.0 Å². The summed E-state index contributed by atoms with van der Waals surface area (Å²) in [7, 11) is 0. The number of nitrogens with one attached hydrogen (secondary N) is 1. The van der Waals surface area contributed by atoms with Crippen molar-refractivity contribution in [2.45, 2.75) is 13.5 Å². The third-order valence-electron chi connectivity index (χ3n) is 2.27. The molecule has 2 aromatic rings. The molecule has 0 aliphatic rings. The van der Waals surface area contributed by atoms with Crippen LogP contribution in [0.5, 0.6) is 0 Å². The molecule has 0 aliphatic heterocycles. The molecule has 0 radical (unpaired) electrons. The van der Waals surface area contributed by atoms with E-state index in [9.17, 15) is 4.39 Å². The second kappa shape index (κ2) is 5.42. The first-order valence-electron chi connectivity index (χ1n) is 5.31. The Morgan fingerprint density at radius 1 is 1.47 bits per heavy atom. The summed E-state index contributed by atoms with van der Waals surface area (Å²) in [4.78, 5) is 4.33. The van der Waals surface area contributed by atoms with Gasteiger partial charge in [0.2, 0.25) is 5.89 Å². The highest BCUT2D eigenvalue weighted by atomic mass is 79.9. The van der Waals surface area contributed by atoms with Gasteiger partial charge in [-0.3, -0.25) is 0 Å². The number of hydrogen-bond donors (Lipinski definition) is 1. The van der Waals surface area contributed by atoms with Crippen molar-refractivity contribution in [2.24, 2.45) is 0 Å². The summed E-state index contributed by atoms with van der Waals surface area (Å²) in [5.41, 5.74) is 1.58. The largest absolute Gasteiger partial charge is 0.444 e. The van der Waals surface area contributed by atoms with Crippen molar-refractivity contribution in [3.05, 3.63) is 40.4 Å². The Morgan fingerprint density at radius 3 is 3.00 bits per heavy atom. The Balaban J connectivity index is 2.24. The molecule has 0 aliphatic carbocycles. The zero-order chi connectivity index (χ0) is 12.3. The van der Waals surface area contributed by atoms with E-state index in [1.807, 2.05) is 6.92 Å². The molecule has 1 heterocycles. The average molecular weight is 299 g/mol. The summed E-state index contributed by atoms with van der Waals surface area (Å²) in [5.74, 6) is 0.199. The molecule has 5 heteroatoms. The van der Waals surface area contributed by atoms with Gasteiger partial charge in [0.15, 0.2) is 0 Å². The molecule has 2 rings (SSSR count). The van der Waals surface area contributed by atoms with Gasteiger partial charge in [-0.25, -0.2) is 9.37 Å². The first-order chi connectivity index (χ1) is 8.20. The number of oxazole rings is 1. The van der Waals surface area contributed by atoms with E-state index in [4.69, 9.17) is 4.42 Å². The fourth-order valence-corrected chi connectivity index (χ4v) is 1.95. The molecule has 90 valence electrons. The minimum atomic E-state index is -0.292. The van der Waals surface area contributed by atoms with E-state index in [0.717, 1.165) is 17.8 Å². The Bertz CT molecular complexity index is 513. The highest BCUT2D eigenvalue weighted by molar-refractivity contribution is 9.10. The molecule has 3 nitrogen and oxygen atoms in total. The van der Waals surface area contributed by atoms with Crippen molar-refractivity contribution in [1.29, 1.82) is 0 Å². The lowest BCUT2D eigenvalue weighted by molar-refractivity contribution is 0.569. The van der Waals surface area contributed by atoms with Crippen LogP contribution in [0, 0.1) is 5.82 Å². The van der Waals surface area contributed by atoms with Crippen LogP contribution < -0.4 is 5.32 Å². The van der Waals surface area contributed by atoms with Gasteiger partial charge in [0.05, 0.1) is 11.3 Å². The summed E-state index contributed by atoms with van der Waals surface area (Å²) >= 11 is 3.29. The number of benzene rings is 1. The summed E-state index contributed by atoms with van der Waals surface area (Å²) in [6.07, 6.45) is 1.60. The Hall–Kier alpha value is -1.20. The molecule has 0 saturated heterocycles. The van der Waals surface area contributed by atoms with Crippen LogP contribution in [-0.2, 0) is 6.54 Å². The Morgan fingerprint density at radius 2 is 2.29 bits per heavy atom. The van der Waals surface area contributed by atoms with E-state index in [1.165, 1.54) is 12.1 Å². The fourth-order valence-electron chi connectivity index (χ4n) is 1.43. The summed E-state index contributed by atoms with van der Waals surface area (Å²) in [6.45, 7) is 3.57. The van der Waals surface area contributed by atoms with Gasteiger partial charge in [0.1, 0.15) is 12.1 Å². The standard InChI is InChI=1S/C12H12BrFN2O/c1-2-15-6-9-7-17-12(16-9)10-4-3-8(14)5-11(10)13/h3-5,7,15H,2,6H2,1H3. The number of nitrogens with zero attached hydrogens (tertiary/aromatic N) is 1. The number of halogens is 2. The Kier molecular flexibility index (Phi) is 3.91. The van der Waals surface area contributed by atoms with Gasteiger partial charge in [0.25, 0.3) is 0 Å². The first-order valence-corrected chi connectivity index (χ1v) is 6.10. The number of hydrogen-bond acceptors (Lipinski definition) is 3. The molecule has 0 spiro atoms. The third-order valence-corrected chi connectivity index (χ3v) is 2.93. The summed E-state index contributed by atoms with van der Waals surface area (Å²) in [6, 6.07) is 4.42. The predicted octanol–water partition coefficient (Wildman–Crippen LogP) is 3.35. The maximum Gasteiger partial charge on any atom is 0.227 e. The lowest BCUT2D eigenvalue weighted by atomic mass is 10.2. The molecule has 0 atom stereocenters. The molecule has 0 unspecified atom stereocenters. The fraction of sp³-hybridized carbons (Fsp3) is 0.250. The first kappa shape index (κ1) is 12.3. The Labute approximate surface area is 107 Å². The predicted molar refractivity (Wildman–Crippen MR) is 67.0 cm³/mol. The monoisotopic (exact) mass is 298 g/mol. The van der Waals surface area contributed by atoms with Crippen molar-refractivity contribution >= 4 is 15.9 Å². The second-order valence-electron chi connectivity index (χ2n) is 3.55. The SMILES string of the molecule is CCNCc1coc(-c2ccc(F)cc2Br)n1. The maximum atomic E-state index is 12.9. The van der Waals surface area contributed by atoms with E-state index in [0.29, 0.717) is 16.9 Å². The van der Waals surface area contributed by atoms with E-state index >= 15 is 0 Å². The van der Waals surface area contributed by atoms with E-state index in [2.05, 4.69) is 26.2 Å². The van der Waals surface area contributed by atoms with Gasteiger partial charge in [-0.1, -0.05) is 6.92 Å². The minimum Gasteiger partial charge on any atom is -0.444 e. The van der Waals surface area contributed by atoms with Gasteiger partial charge in [-0.15, -0.1) is 0 Å². The molecule has 0 fully saturated rings. The molecule has 0 saturated carbocycles. The highest BCUT2D eigenvalue weighted by Crippen LogP contribution is 2.28. The van der Waals surface area contributed by atoms with Crippen molar-refractivity contribution in [2.75, 3.05) is 6.54 Å². The lowest BCUT2D eigenvalue weighted by Gasteiger charge is -1.99. The van der Waals surface area contributed by atoms with E-state index < -0.39 is 0 Å². The maximum absolute atomic E-state index is 12.9. The zero-order valence-corrected chi connectivity index (χ0v) is 10.9. The van der Waals surface area contributed by atoms with Crippen molar-refractivity contribution in [3.8, 4) is 11.5 Å². The van der Waals surface area contributed by atoms with Gasteiger partial charge >= 0.3 is 0 Å². The summed E-state index contributed by atoms with van der Waals surface area (Å²) in [5, 5.41) is 3.16. The quantitative estimate of drug-likeness (QED) is 0.941. The number of aromatic nitrogens is 1. The van der Waals surface area contributed by atoms with E-state index in [-0.39, 0.29) is 5.82 Å². The molecule has 1 N–H and O–H groups in total. The second-order valence-corrected chi connectivity index (χ2v) is 4.40. The topological polar surface area (TPSA) is 38.1 Å². The summed E-state index contributed by atoms with van der Waals surface area (Å²) < 4.78 is 18.9. The van der Waals surface area contributed by atoms with Crippen LogP contribution in [0.2, 0.25) is 0 Å². The lowest BCUT2D eigenvalue weighted by Crippen LogP contribution is -2.11. The molecular weight excluding hydrogens is 287 g/mol. The van der Waals surface area contributed by atoms with Gasteiger partial charge in [-0.2, -0.15) is 0 Å². The van der Waals surface area contributed by atoms with Crippen LogP contribution in [0.1, 0.15) is 12.6 Å². The van der Waals surface area contributed by atoms with Crippen LogP contribution in [0.4, 0.5) is 4.39 Å². The molecule has 0 bridgehead atoms. The highest BCUT2D eigenvalue weighted by Gasteiger charge is 2.10. The van der Waals surface area contributed by atoms with Crippen LogP contribution in [0.3, 0.4) is 0 Å². The molecular formula is C12H12BrFN2O. The molecule has 1 aromatic carbocycles. The van der Waals surface area contributed by atoms with Crippen LogP contribution >= 0.6 is 15.9 Å². The van der Waals surface area contributed by atoms with Crippen LogP contribution in [-0.4, -0.2) is 11.5 Å². The van der Waals surface area contributed by atoms with Crippen molar-refractivity contribution in [3.63, 3.8) is 0 Å². The average Bonchev–Trinajstić information content (AvgIpc) is 2.75. The minimum absolute atomic E-state index is 0.292. The normalized spacial score (nSPS) is 10.8. The van der Waals surface area contributed by atoms with Gasteiger partial charge < -0.3 is 9.73 Å². The van der Waals surface area contributed by atoms with E-state index in [1.54, 1.807) is 12.3 Å². The van der Waals surface area contributed by atoms with Crippen LogP contribution in [0.15, 0.2) is 33.4 Å². The van der Waals surface area contributed by atoms with Crippen molar-refractivity contribution < 1.29 is 8.81 Å². The third kappa shape index (κ3) is 2.92. The molecule has 17 heavy (non-hydrogen) atoms. The number of rotatable bonds is 4. The smallest absolute Gasteiger partial charge is 0.227 e. The molecule has 0 amide bonds. The van der Waals surface area contributed by atoms with Gasteiger partial charge in [-0.05, 0) is 40.7 Å².